The maximum absolute atomic E-state index is 12.3. The van der Waals surface area contributed by atoms with Gasteiger partial charge in [-0.15, -0.1) is 11.3 Å². The van der Waals surface area contributed by atoms with E-state index in [9.17, 15) is 19.2 Å². The van der Waals surface area contributed by atoms with E-state index >= 15 is 0 Å². The number of hydrogen-bond acceptors (Lipinski definition) is 7. The van der Waals surface area contributed by atoms with E-state index in [1.54, 1.807) is 44.4 Å². The van der Waals surface area contributed by atoms with Crippen molar-refractivity contribution in [2.24, 2.45) is 0 Å². The summed E-state index contributed by atoms with van der Waals surface area (Å²) in [5.41, 5.74) is 0.211. The van der Waals surface area contributed by atoms with E-state index in [0.29, 0.717) is 16.2 Å². The lowest BCUT2D eigenvalue weighted by Gasteiger charge is -2.19. The molecule has 0 spiro atoms. The molecule has 28 heavy (non-hydrogen) atoms. The molecular formula is C20H20O7S. The van der Waals surface area contributed by atoms with Crippen molar-refractivity contribution in [1.82, 2.24) is 0 Å². The summed E-state index contributed by atoms with van der Waals surface area (Å²) in [6.07, 6.45) is -0.716. The number of Topliss-reactive ketones (excluding diaryl/α,β-unsaturated/α-hetero) is 2. The Bertz CT molecular complexity index is 905. The van der Waals surface area contributed by atoms with Gasteiger partial charge in [-0.1, -0.05) is 12.1 Å². The molecule has 0 radical (unpaired) electrons. The van der Waals surface area contributed by atoms with Gasteiger partial charge in [0.25, 0.3) is 0 Å². The molecule has 0 atom stereocenters. The van der Waals surface area contributed by atoms with Gasteiger partial charge in [0.1, 0.15) is 22.8 Å². The van der Waals surface area contributed by atoms with Gasteiger partial charge in [-0.25, -0.2) is 9.59 Å². The number of carboxylic acid groups (broad SMARTS) is 1. The van der Waals surface area contributed by atoms with Gasteiger partial charge in [-0.2, -0.15) is 0 Å². The van der Waals surface area contributed by atoms with Crippen molar-refractivity contribution in [3.63, 3.8) is 0 Å². The molecule has 1 aromatic heterocycles. The van der Waals surface area contributed by atoms with Crippen molar-refractivity contribution in [3.05, 3.63) is 51.7 Å². The monoisotopic (exact) mass is 404 g/mol. The van der Waals surface area contributed by atoms with Gasteiger partial charge in [0, 0.05) is 11.1 Å². The number of benzene rings is 1. The fourth-order valence-corrected chi connectivity index (χ4v) is 2.98. The molecule has 0 saturated carbocycles. The Morgan fingerprint density at radius 2 is 1.82 bits per heavy atom. The molecule has 8 heteroatoms. The maximum Gasteiger partial charge on any atom is 0.372 e. The van der Waals surface area contributed by atoms with Gasteiger partial charge >= 0.3 is 11.9 Å². The predicted octanol–water partition coefficient (Wildman–Crippen LogP) is 3.51. The summed E-state index contributed by atoms with van der Waals surface area (Å²) in [4.78, 5) is 46.5. The molecule has 0 bridgehead atoms. The highest BCUT2D eigenvalue weighted by Gasteiger charge is 2.22. The highest BCUT2D eigenvalue weighted by molar-refractivity contribution is 7.12. The molecular weight excluding hydrogens is 384 g/mol. The fraction of sp³-hybridized carbons (Fsp3) is 0.300. The SMILES string of the molecule is CC(C)(C)OC(=O)c1sccc1COc1cccc(C(=O)CC(=O)C(=O)O)c1. The lowest BCUT2D eigenvalue weighted by molar-refractivity contribution is -0.148. The van der Waals surface area contributed by atoms with Gasteiger partial charge in [-0.3, -0.25) is 9.59 Å². The van der Waals surface area contributed by atoms with Gasteiger partial charge < -0.3 is 14.6 Å². The second-order valence-corrected chi connectivity index (χ2v) is 7.84. The number of aliphatic carboxylic acids is 1. The highest BCUT2D eigenvalue weighted by atomic mass is 32.1. The van der Waals surface area contributed by atoms with Crippen LogP contribution in [0.2, 0.25) is 0 Å². The van der Waals surface area contributed by atoms with Crippen molar-refractivity contribution >= 4 is 34.8 Å². The lowest BCUT2D eigenvalue weighted by Crippen LogP contribution is -2.24. The van der Waals surface area contributed by atoms with Crippen LogP contribution in [-0.2, 0) is 20.9 Å². The van der Waals surface area contributed by atoms with Crippen molar-refractivity contribution in [3.8, 4) is 5.75 Å². The zero-order chi connectivity index (χ0) is 20.9. The molecule has 0 fully saturated rings. The smallest absolute Gasteiger partial charge is 0.372 e. The summed E-state index contributed by atoms with van der Waals surface area (Å²) in [7, 11) is 0. The van der Waals surface area contributed by atoms with E-state index in [0.717, 1.165) is 0 Å². The summed E-state index contributed by atoms with van der Waals surface area (Å²) in [6.45, 7) is 5.44. The second kappa shape index (κ2) is 8.79. The maximum atomic E-state index is 12.3. The van der Waals surface area contributed by atoms with Gasteiger partial charge in [0.05, 0.1) is 6.42 Å². The average molecular weight is 404 g/mol. The Morgan fingerprint density at radius 1 is 1.11 bits per heavy atom. The normalized spacial score (nSPS) is 11.0. The number of carboxylic acids is 1. The Hall–Kier alpha value is -3.00. The van der Waals surface area contributed by atoms with E-state index in [1.807, 2.05) is 0 Å². The summed E-state index contributed by atoms with van der Waals surface area (Å²) < 4.78 is 11.0. The largest absolute Gasteiger partial charge is 0.489 e. The van der Waals surface area contributed by atoms with Crippen molar-refractivity contribution < 1.29 is 33.8 Å². The van der Waals surface area contributed by atoms with E-state index in [4.69, 9.17) is 14.6 Å². The Labute approximate surface area is 165 Å². The van der Waals surface area contributed by atoms with E-state index in [1.165, 1.54) is 23.5 Å². The lowest BCUT2D eigenvalue weighted by atomic mass is 10.1. The van der Waals surface area contributed by atoms with E-state index in [2.05, 4.69) is 0 Å². The van der Waals surface area contributed by atoms with Crippen LogP contribution in [0.3, 0.4) is 0 Å². The number of hydrogen-bond donors (Lipinski definition) is 1. The molecule has 7 nitrogen and oxygen atoms in total. The molecule has 1 aromatic carbocycles. The van der Waals surface area contributed by atoms with Crippen LogP contribution >= 0.6 is 11.3 Å². The van der Waals surface area contributed by atoms with Crippen LogP contribution < -0.4 is 4.74 Å². The predicted molar refractivity (Wildman–Crippen MR) is 102 cm³/mol. The number of carbonyl (C=O) groups is 4. The van der Waals surface area contributed by atoms with Crippen LogP contribution in [0.25, 0.3) is 0 Å². The molecule has 0 amide bonds. The minimum Gasteiger partial charge on any atom is -0.489 e. The minimum absolute atomic E-state index is 0.0871. The molecule has 0 unspecified atom stereocenters. The van der Waals surface area contributed by atoms with Crippen LogP contribution in [0.1, 0.15) is 52.8 Å². The zero-order valence-electron chi connectivity index (χ0n) is 15.7. The zero-order valence-corrected chi connectivity index (χ0v) is 16.5. The van der Waals surface area contributed by atoms with Crippen LogP contribution in [-0.4, -0.2) is 34.2 Å². The average Bonchev–Trinajstić information content (AvgIpc) is 3.07. The number of carbonyl (C=O) groups excluding carboxylic acids is 3. The first-order valence-corrected chi connectivity index (χ1v) is 9.26. The highest BCUT2D eigenvalue weighted by Crippen LogP contribution is 2.23. The first-order valence-electron chi connectivity index (χ1n) is 8.39. The number of rotatable bonds is 8. The third kappa shape index (κ3) is 6.02. The van der Waals surface area contributed by atoms with E-state index < -0.39 is 35.5 Å². The molecule has 2 aromatic rings. The molecule has 0 aliphatic carbocycles. The van der Waals surface area contributed by atoms with Crippen molar-refractivity contribution in [1.29, 1.82) is 0 Å². The summed E-state index contributed by atoms with van der Waals surface area (Å²) >= 11 is 1.25. The standard InChI is InChI=1S/C20H20O7S/c1-20(2,3)27-19(25)17-13(7-8-28-17)11-26-14-6-4-5-12(9-14)15(21)10-16(22)18(23)24/h4-9H,10-11H2,1-3H3,(H,23,24). The number of ketones is 2. The fourth-order valence-electron chi connectivity index (χ4n) is 2.20. The summed E-state index contributed by atoms with van der Waals surface area (Å²) in [5.74, 6) is -3.50. The topological polar surface area (TPSA) is 107 Å². The molecule has 1 N–H and O–H groups in total. The number of esters is 1. The van der Waals surface area contributed by atoms with Crippen LogP contribution in [0.5, 0.6) is 5.75 Å². The minimum atomic E-state index is -1.65. The van der Waals surface area contributed by atoms with Crippen molar-refractivity contribution in [2.75, 3.05) is 0 Å². The summed E-state index contributed by atoms with van der Waals surface area (Å²) in [5, 5.41) is 10.4. The van der Waals surface area contributed by atoms with Gasteiger partial charge in [0.2, 0.25) is 5.78 Å². The van der Waals surface area contributed by atoms with Gasteiger partial charge in [0.15, 0.2) is 5.78 Å². The third-order valence-corrected chi connectivity index (χ3v) is 4.38. The van der Waals surface area contributed by atoms with Crippen LogP contribution in [0.4, 0.5) is 0 Å². The van der Waals surface area contributed by atoms with E-state index in [-0.39, 0.29) is 12.2 Å². The second-order valence-electron chi connectivity index (χ2n) is 6.92. The third-order valence-electron chi connectivity index (χ3n) is 3.44. The Morgan fingerprint density at radius 3 is 2.46 bits per heavy atom. The summed E-state index contributed by atoms with van der Waals surface area (Å²) in [6, 6.07) is 7.84. The molecule has 1 heterocycles. The molecule has 0 saturated heterocycles. The van der Waals surface area contributed by atoms with Crippen LogP contribution in [0, 0.1) is 0 Å². The molecule has 148 valence electrons. The number of ether oxygens (including phenoxy) is 2. The molecule has 0 aliphatic rings. The Balaban J connectivity index is 2.06. The molecule has 2 rings (SSSR count). The first kappa shape index (κ1) is 21.3. The van der Waals surface area contributed by atoms with Gasteiger partial charge in [-0.05, 0) is 44.4 Å². The van der Waals surface area contributed by atoms with Crippen LogP contribution in [0.15, 0.2) is 35.7 Å². The number of thiophene rings is 1. The molecule has 0 aliphatic heterocycles. The Kier molecular flexibility index (Phi) is 6.69. The van der Waals surface area contributed by atoms with Crippen molar-refractivity contribution in [2.45, 2.75) is 39.4 Å². The quantitative estimate of drug-likeness (QED) is 0.310. The first-order chi connectivity index (χ1) is 13.1.